The molecule has 0 fully saturated rings. The molecule has 5 N–H and O–H groups in total. The molecule has 1 aromatic rings. The van der Waals surface area contributed by atoms with Crippen molar-refractivity contribution < 1.29 is 24.9 Å². The van der Waals surface area contributed by atoms with Gasteiger partial charge in [-0.3, -0.25) is 4.79 Å². The second-order valence-electron chi connectivity index (χ2n) is 4.94. The molecule has 0 saturated heterocycles. The van der Waals surface area contributed by atoms with Crippen LogP contribution in [0.4, 0.5) is 0 Å². The molecule has 0 bridgehead atoms. The lowest BCUT2D eigenvalue weighted by Crippen LogP contribution is -2.33. The van der Waals surface area contributed by atoms with Crippen molar-refractivity contribution in [2.75, 3.05) is 7.11 Å². The molecule has 6 nitrogen and oxygen atoms in total. The van der Waals surface area contributed by atoms with Crippen LogP contribution in [0.3, 0.4) is 0 Å². The number of phenolic OH excluding ortho intramolecular Hbond substituents is 3. The summed E-state index contributed by atoms with van der Waals surface area (Å²) in [7, 11) is 1.29. The van der Waals surface area contributed by atoms with Gasteiger partial charge in [0.1, 0.15) is 11.8 Å². The monoisotopic (exact) mass is 283 g/mol. The summed E-state index contributed by atoms with van der Waals surface area (Å²) in [4.78, 5) is 11.2. The van der Waals surface area contributed by atoms with Gasteiger partial charge in [-0.25, -0.2) is 0 Å². The number of nitrogens with two attached hydrogens (primary N) is 1. The molecule has 0 saturated carbocycles. The van der Waals surface area contributed by atoms with Crippen molar-refractivity contribution in [1.29, 1.82) is 0 Å². The van der Waals surface area contributed by atoms with E-state index in [9.17, 15) is 20.1 Å². The van der Waals surface area contributed by atoms with Crippen LogP contribution in [0.5, 0.6) is 17.2 Å². The molecule has 0 aliphatic heterocycles. The lowest BCUT2D eigenvalue weighted by atomic mass is 9.94. The smallest absolute Gasteiger partial charge is 0.322 e. The molecule has 1 rings (SSSR count). The number of methoxy groups -OCH3 is 1. The Balaban J connectivity index is 2.59. The summed E-state index contributed by atoms with van der Waals surface area (Å²) in [5, 5.41) is 28.8. The summed E-state index contributed by atoms with van der Waals surface area (Å²) in [5.74, 6) is -0.999. The number of rotatable bonds is 6. The van der Waals surface area contributed by atoms with Crippen molar-refractivity contribution >= 4 is 5.97 Å². The molecule has 2 unspecified atom stereocenters. The number of phenols is 3. The van der Waals surface area contributed by atoms with Crippen molar-refractivity contribution in [3.63, 3.8) is 0 Å². The fraction of sp³-hybridized carbons (Fsp3) is 0.500. The molecule has 0 radical (unpaired) electrons. The maximum Gasteiger partial charge on any atom is 0.322 e. The number of hydrogen-bond donors (Lipinski definition) is 4. The van der Waals surface area contributed by atoms with Gasteiger partial charge in [-0.2, -0.15) is 0 Å². The number of carbonyl (C=O) groups is 1. The van der Waals surface area contributed by atoms with E-state index < -0.39 is 12.0 Å². The fourth-order valence-corrected chi connectivity index (χ4v) is 2.05. The van der Waals surface area contributed by atoms with E-state index in [0.717, 1.165) is 0 Å². The number of ether oxygens (including phenoxy) is 1. The van der Waals surface area contributed by atoms with Crippen molar-refractivity contribution in [3.05, 3.63) is 17.7 Å². The van der Waals surface area contributed by atoms with E-state index >= 15 is 0 Å². The standard InChI is InChI=1S/C14H21NO5/c1-8(7-10(15)14(19)20-2)3-4-9-11(16)5-6-12(17)13(9)18/h5-6,8,10,16-18H,3-4,7,15H2,1-2H3. The van der Waals surface area contributed by atoms with Gasteiger partial charge in [0.2, 0.25) is 0 Å². The number of carbonyl (C=O) groups excluding carboxylic acids is 1. The van der Waals surface area contributed by atoms with Gasteiger partial charge in [0.25, 0.3) is 0 Å². The molecule has 6 heteroatoms. The molecule has 112 valence electrons. The molecule has 20 heavy (non-hydrogen) atoms. The van der Waals surface area contributed by atoms with Gasteiger partial charge in [-0.15, -0.1) is 0 Å². The normalized spacial score (nSPS) is 13.8. The minimum absolute atomic E-state index is 0.0650. The van der Waals surface area contributed by atoms with Gasteiger partial charge in [0, 0.05) is 5.56 Å². The van der Waals surface area contributed by atoms with Gasteiger partial charge >= 0.3 is 5.97 Å². The molecule has 0 spiro atoms. The Morgan fingerprint density at radius 2 is 1.90 bits per heavy atom. The molecular weight excluding hydrogens is 262 g/mol. The Morgan fingerprint density at radius 3 is 2.50 bits per heavy atom. The van der Waals surface area contributed by atoms with Crippen molar-refractivity contribution in [1.82, 2.24) is 0 Å². The minimum Gasteiger partial charge on any atom is -0.508 e. The van der Waals surface area contributed by atoms with Gasteiger partial charge in [-0.1, -0.05) is 6.92 Å². The number of benzene rings is 1. The SMILES string of the molecule is COC(=O)C(N)CC(C)CCc1c(O)ccc(O)c1O. The zero-order valence-electron chi connectivity index (χ0n) is 11.7. The highest BCUT2D eigenvalue weighted by molar-refractivity contribution is 5.75. The lowest BCUT2D eigenvalue weighted by Gasteiger charge is -2.16. The first-order valence-electron chi connectivity index (χ1n) is 6.43. The van der Waals surface area contributed by atoms with Crippen LogP contribution in [0.15, 0.2) is 12.1 Å². The van der Waals surface area contributed by atoms with E-state index in [-0.39, 0.29) is 23.2 Å². The Hall–Kier alpha value is -1.95. The molecule has 0 heterocycles. The van der Waals surface area contributed by atoms with Crippen molar-refractivity contribution in [2.24, 2.45) is 11.7 Å². The van der Waals surface area contributed by atoms with Gasteiger partial charge in [-0.05, 0) is 37.3 Å². The topological polar surface area (TPSA) is 113 Å². The summed E-state index contributed by atoms with van der Waals surface area (Å²) in [6.07, 6.45) is 1.43. The first-order valence-corrected chi connectivity index (χ1v) is 6.43. The Labute approximate surface area is 117 Å². The van der Waals surface area contributed by atoms with E-state index in [2.05, 4.69) is 4.74 Å². The van der Waals surface area contributed by atoms with Gasteiger partial charge < -0.3 is 25.8 Å². The third-order valence-electron chi connectivity index (χ3n) is 3.28. The third-order valence-corrected chi connectivity index (χ3v) is 3.28. The van der Waals surface area contributed by atoms with E-state index in [0.29, 0.717) is 24.8 Å². The largest absolute Gasteiger partial charge is 0.508 e. The fourth-order valence-electron chi connectivity index (χ4n) is 2.05. The molecule has 0 amide bonds. The van der Waals surface area contributed by atoms with Gasteiger partial charge in [0.15, 0.2) is 11.5 Å². The van der Waals surface area contributed by atoms with Crippen LogP contribution in [0.25, 0.3) is 0 Å². The summed E-state index contributed by atoms with van der Waals surface area (Å²) >= 11 is 0. The first-order chi connectivity index (χ1) is 9.36. The van der Waals surface area contributed by atoms with Crippen LogP contribution in [-0.2, 0) is 16.0 Å². The zero-order chi connectivity index (χ0) is 15.3. The highest BCUT2D eigenvalue weighted by Crippen LogP contribution is 2.36. The number of hydrogen-bond acceptors (Lipinski definition) is 6. The van der Waals surface area contributed by atoms with E-state index in [1.54, 1.807) is 0 Å². The highest BCUT2D eigenvalue weighted by Gasteiger charge is 2.18. The molecule has 0 aliphatic rings. The van der Waals surface area contributed by atoms with Crippen LogP contribution in [0.1, 0.15) is 25.3 Å². The van der Waals surface area contributed by atoms with Crippen LogP contribution in [0, 0.1) is 5.92 Å². The molecule has 2 atom stereocenters. The summed E-state index contributed by atoms with van der Waals surface area (Å²) < 4.78 is 4.55. The second-order valence-corrected chi connectivity index (χ2v) is 4.94. The van der Waals surface area contributed by atoms with E-state index in [1.807, 2.05) is 6.92 Å². The first kappa shape index (κ1) is 16.1. The summed E-state index contributed by atoms with van der Waals surface area (Å²) in [6.45, 7) is 1.92. The predicted octanol–water partition coefficient (Wildman–Crippen LogP) is 1.26. The minimum atomic E-state index is -0.679. The second kappa shape index (κ2) is 7.00. The van der Waals surface area contributed by atoms with Gasteiger partial charge in [0.05, 0.1) is 7.11 Å². The van der Waals surface area contributed by atoms with Crippen molar-refractivity contribution in [2.45, 2.75) is 32.2 Å². The molecule has 1 aromatic carbocycles. The van der Waals surface area contributed by atoms with Crippen LogP contribution >= 0.6 is 0 Å². The number of esters is 1. The van der Waals surface area contributed by atoms with Crippen molar-refractivity contribution in [3.8, 4) is 17.2 Å². The predicted molar refractivity (Wildman–Crippen MR) is 73.5 cm³/mol. The Morgan fingerprint density at radius 1 is 1.30 bits per heavy atom. The van der Waals surface area contributed by atoms with Crippen LogP contribution in [-0.4, -0.2) is 34.4 Å². The quantitative estimate of drug-likeness (QED) is 0.355. The Kier molecular flexibility index (Phi) is 5.64. The molecule has 0 aromatic heterocycles. The van der Waals surface area contributed by atoms with Crippen LogP contribution in [0.2, 0.25) is 0 Å². The molecule has 0 aliphatic carbocycles. The van der Waals surface area contributed by atoms with Crippen LogP contribution < -0.4 is 5.73 Å². The summed E-state index contributed by atoms with van der Waals surface area (Å²) in [6, 6.07) is 1.88. The Bertz CT molecular complexity index is 475. The van der Waals surface area contributed by atoms with E-state index in [1.165, 1.54) is 19.2 Å². The summed E-state index contributed by atoms with van der Waals surface area (Å²) in [5.41, 5.74) is 5.96. The highest BCUT2D eigenvalue weighted by atomic mass is 16.5. The zero-order valence-corrected chi connectivity index (χ0v) is 11.7. The third kappa shape index (κ3) is 4.03. The maximum absolute atomic E-state index is 11.2. The number of aromatic hydroxyl groups is 3. The lowest BCUT2D eigenvalue weighted by molar-refractivity contribution is -0.142. The average molecular weight is 283 g/mol. The molecular formula is C14H21NO5. The maximum atomic E-state index is 11.2. The van der Waals surface area contributed by atoms with E-state index in [4.69, 9.17) is 5.73 Å². The average Bonchev–Trinajstić information content (AvgIpc) is 2.42.